The average molecular weight is 341 g/mol. The maximum atomic E-state index is 12.5. The van der Waals surface area contributed by atoms with E-state index >= 15 is 0 Å². The molecule has 132 valence electrons. The fraction of sp³-hybridized carbons (Fsp3) is 0.389. The van der Waals surface area contributed by atoms with Crippen LogP contribution in [0.25, 0.3) is 0 Å². The minimum atomic E-state index is -0.593. The van der Waals surface area contributed by atoms with Crippen molar-refractivity contribution in [3.05, 3.63) is 54.1 Å². The van der Waals surface area contributed by atoms with Gasteiger partial charge in [0.2, 0.25) is 0 Å². The number of likely N-dealkylation sites (tertiary alicyclic amines) is 1. The highest BCUT2D eigenvalue weighted by molar-refractivity contribution is 5.90. The fourth-order valence-corrected chi connectivity index (χ4v) is 3.06. The number of carbonyl (C=O) groups is 1. The van der Waals surface area contributed by atoms with E-state index < -0.39 is 6.10 Å². The number of aliphatic hydroxyl groups is 1. The second-order valence-electron chi connectivity index (χ2n) is 6.40. The topological polar surface area (TPSA) is 81.6 Å². The third kappa shape index (κ3) is 4.12. The Hall–Kier alpha value is -2.51. The predicted octanol–water partition coefficient (Wildman–Crippen LogP) is 1.49. The first kappa shape index (κ1) is 17.3. The molecule has 2 atom stereocenters. The normalized spacial score (nSPS) is 20.1. The number of aliphatic hydroxyl groups excluding tert-OH is 1. The number of nitrogens with one attached hydrogen (secondary N) is 1. The van der Waals surface area contributed by atoms with E-state index in [1.54, 1.807) is 23.5 Å². The molecule has 2 heterocycles. The maximum Gasteiger partial charge on any atom is 0.321 e. The minimum Gasteiger partial charge on any atom is -0.390 e. The SMILES string of the molecule is Cc1ccccc1NC(=O)N1C[C@H](O)[C@@H](N(C)Cc2cnccn2)C1. The summed E-state index contributed by atoms with van der Waals surface area (Å²) in [4.78, 5) is 24.5. The summed E-state index contributed by atoms with van der Waals surface area (Å²) in [5, 5.41) is 13.3. The predicted molar refractivity (Wildman–Crippen MR) is 95.1 cm³/mol. The molecule has 3 rings (SSSR count). The number of hydrogen-bond donors (Lipinski definition) is 2. The number of para-hydroxylation sites is 1. The summed E-state index contributed by atoms with van der Waals surface area (Å²) in [6, 6.07) is 7.32. The van der Waals surface area contributed by atoms with Crippen LogP contribution in [-0.4, -0.2) is 63.2 Å². The molecule has 2 aromatic rings. The van der Waals surface area contributed by atoms with Gasteiger partial charge in [-0.25, -0.2) is 4.79 Å². The van der Waals surface area contributed by atoms with Crippen molar-refractivity contribution in [1.82, 2.24) is 19.8 Å². The minimum absolute atomic E-state index is 0.135. The summed E-state index contributed by atoms with van der Waals surface area (Å²) in [5.74, 6) is 0. The molecule has 7 nitrogen and oxygen atoms in total. The smallest absolute Gasteiger partial charge is 0.321 e. The number of anilines is 1. The maximum absolute atomic E-state index is 12.5. The number of amides is 2. The third-order valence-electron chi connectivity index (χ3n) is 4.53. The van der Waals surface area contributed by atoms with Gasteiger partial charge in [-0.1, -0.05) is 18.2 Å². The molecule has 0 bridgehead atoms. The van der Waals surface area contributed by atoms with Crippen LogP contribution in [0.1, 0.15) is 11.3 Å². The van der Waals surface area contributed by atoms with Crippen LogP contribution in [0, 0.1) is 6.92 Å². The van der Waals surface area contributed by atoms with E-state index in [1.807, 2.05) is 43.1 Å². The Morgan fingerprint density at radius 3 is 2.88 bits per heavy atom. The number of hydrogen-bond acceptors (Lipinski definition) is 5. The number of likely N-dealkylation sites (N-methyl/N-ethyl adjacent to an activating group) is 1. The Kier molecular flexibility index (Phi) is 5.25. The summed E-state index contributed by atoms with van der Waals surface area (Å²) in [5.41, 5.74) is 2.63. The van der Waals surface area contributed by atoms with Crippen LogP contribution in [-0.2, 0) is 6.54 Å². The molecule has 1 aliphatic rings. The van der Waals surface area contributed by atoms with Gasteiger partial charge in [0.1, 0.15) is 0 Å². The second-order valence-corrected chi connectivity index (χ2v) is 6.40. The van der Waals surface area contributed by atoms with Crippen molar-refractivity contribution in [3.8, 4) is 0 Å². The molecule has 25 heavy (non-hydrogen) atoms. The van der Waals surface area contributed by atoms with E-state index in [2.05, 4.69) is 15.3 Å². The molecule has 1 aromatic carbocycles. The molecule has 2 N–H and O–H groups in total. The number of aromatic nitrogens is 2. The molecule has 1 saturated heterocycles. The van der Waals surface area contributed by atoms with Gasteiger partial charge < -0.3 is 15.3 Å². The van der Waals surface area contributed by atoms with Crippen LogP contribution >= 0.6 is 0 Å². The highest BCUT2D eigenvalue weighted by Crippen LogP contribution is 2.19. The van der Waals surface area contributed by atoms with E-state index in [4.69, 9.17) is 0 Å². The number of nitrogens with zero attached hydrogens (tertiary/aromatic N) is 4. The summed E-state index contributed by atoms with van der Waals surface area (Å²) in [6.07, 6.45) is 4.40. The van der Waals surface area contributed by atoms with Gasteiger partial charge in [0.25, 0.3) is 0 Å². The fourth-order valence-electron chi connectivity index (χ4n) is 3.06. The summed E-state index contributed by atoms with van der Waals surface area (Å²) in [7, 11) is 1.92. The van der Waals surface area contributed by atoms with Crippen molar-refractivity contribution in [2.45, 2.75) is 25.6 Å². The molecule has 0 unspecified atom stereocenters. The lowest BCUT2D eigenvalue weighted by Crippen LogP contribution is -2.41. The largest absolute Gasteiger partial charge is 0.390 e. The first-order chi connectivity index (χ1) is 12.0. The number of urea groups is 1. The van der Waals surface area contributed by atoms with Gasteiger partial charge in [-0.2, -0.15) is 0 Å². The Morgan fingerprint density at radius 1 is 1.36 bits per heavy atom. The van der Waals surface area contributed by atoms with Gasteiger partial charge >= 0.3 is 6.03 Å². The molecular formula is C18H23N5O2. The third-order valence-corrected chi connectivity index (χ3v) is 4.53. The van der Waals surface area contributed by atoms with Gasteiger partial charge in [-0.15, -0.1) is 0 Å². The summed E-state index contributed by atoms with van der Waals surface area (Å²) in [6.45, 7) is 3.30. The van der Waals surface area contributed by atoms with Crippen LogP contribution in [0.4, 0.5) is 10.5 Å². The van der Waals surface area contributed by atoms with Crippen LogP contribution in [0.15, 0.2) is 42.9 Å². The zero-order chi connectivity index (χ0) is 17.8. The van der Waals surface area contributed by atoms with Crippen LogP contribution in [0.3, 0.4) is 0 Å². The lowest BCUT2D eigenvalue weighted by molar-refractivity contribution is 0.0944. The zero-order valence-corrected chi connectivity index (χ0v) is 14.5. The molecule has 2 amide bonds. The van der Waals surface area contributed by atoms with Crippen molar-refractivity contribution in [1.29, 1.82) is 0 Å². The molecular weight excluding hydrogens is 318 g/mol. The van der Waals surface area contributed by atoms with E-state index in [0.29, 0.717) is 19.6 Å². The van der Waals surface area contributed by atoms with E-state index in [0.717, 1.165) is 16.9 Å². The number of rotatable bonds is 4. The Labute approximate surface area is 147 Å². The van der Waals surface area contributed by atoms with Gasteiger partial charge in [0, 0.05) is 37.4 Å². The first-order valence-corrected chi connectivity index (χ1v) is 8.29. The monoisotopic (exact) mass is 341 g/mol. The Bertz CT molecular complexity index is 724. The number of carbonyl (C=O) groups excluding carboxylic acids is 1. The van der Waals surface area contributed by atoms with Gasteiger partial charge in [0.15, 0.2) is 0 Å². The van der Waals surface area contributed by atoms with Crippen molar-refractivity contribution >= 4 is 11.7 Å². The molecule has 7 heteroatoms. The summed E-state index contributed by atoms with van der Waals surface area (Å²) >= 11 is 0. The van der Waals surface area contributed by atoms with E-state index in [-0.39, 0.29) is 12.1 Å². The van der Waals surface area contributed by atoms with Crippen LogP contribution in [0.5, 0.6) is 0 Å². The lowest BCUT2D eigenvalue weighted by Gasteiger charge is -2.25. The van der Waals surface area contributed by atoms with E-state index in [9.17, 15) is 9.90 Å². The average Bonchev–Trinajstić information content (AvgIpc) is 3.00. The highest BCUT2D eigenvalue weighted by atomic mass is 16.3. The molecule has 0 aliphatic carbocycles. The first-order valence-electron chi connectivity index (χ1n) is 8.29. The number of β-amino-alcohol motifs (C(OH)–C–C–N with tert-alkyl or cyclic N) is 1. The van der Waals surface area contributed by atoms with Gasteiger partial charge in [-0.3, -0.25) is 14.9 Å². The highest BCUT2D eigenvalue weighted by Gasteiger charge is 2.36. The Balaban J connectivity index is 1.60. The Morgan fingerprint density at radius 2 is 2.16 bits per heavy atom. The number of benzene rings is 1. The van der Waals surface area contributed by atoms with Crippen molar-refractivity contribution in [2.75, 3.05) is 25.5 Å². The van der Waals surface area contributed by atoms with E-state index in [1.165, 1.54) is 0 Å². The quantitative estimate of drug-likeness (QED) is 0.881. The van der Waals surface area contributed by atoms with Gasteiger partial charge in [0.05, 0.1) is 24.4 Å². The second kappa shape index (κ2) is 7.58. The molecule has 1 fully saturated rings. The molecule has 1 aliphatic heterocycles. The molecule has 0 saturated carbocycles. The molecule has 0 radical (unpaired) electrons. The van der Waals surface area contributed by atoms with Crippen LogP contribution < -0.4 is 5.32 Å². The standard InChI is InChI=1S/C18H23N5O2/c1-13-5-3-4-6-15(13)21-18(25)23-11-16(17(24)12-23)22(2)10-14-9-19-7-8-20-14/h3-9,16-17,24H,10-12H2,1-2H3,(H,21,25)/t16-,17-/m0/s1. The molecule has 0 spiro atoms. The van der Waals surface area contributed by atoms with Crippen molar-refractivity contribution < 1.29 is 9.90 Å². The zero-order valence-electron chi connectivity index (χ0n) is 14.5. The van der Waals surface area contributed by atoms with Crippen molar-refractivity contribution in [2.24, 2.45) is 0 Å². The molecule has 1 aromatic heterocycles. The van der Waals surface area contributed by atoms with Crippen molar-refractivity contribution in [3.63, 3.8) is 0 Å². The lowest BCUT2D eigenvalue weighted by atomic mass is 10.2. The summed E-state index contributed by atoms with van der Waals surface area (Å²) < 4.78 is 0. The number of aryl methyl sites for hydroxylation is 1. The van der Waals surface area contributed by atoms with Gasteiger partial charge in [-0.05, 0) is 25.6 Å². The van der Waals surface area contributed by atoms with Crippen LogP contribution in [0.2, 0.25) is 0 Å².